The zero-order valence-electron chi connectivity index (χ0n) is 14.7. The van der Waals surface area contributed by atoms with Crippen molar-refractivity contribution in [3.8, 4) is 5.75 Å². The number of para-hydroxylation sites is 2. The van der Waals surface area contributed by atoms with E-state index in [1.165, 1.54) is 0 Å². The summed E-state index contributed by atoms with van der Waals surface area (Å²) in [7, 11) is 0. The third kappa shape index (κ3) is 4.47. The molecular weight excluding hydrogens is 306 g/mol. The highest BCUT2D eigenvalue weighted by atomic mass is 16.5. The fourth-order valence-corrected chi connectivity index (χ4v) is 2.78. The minimum absolute atomic E-state index is 0.0356. The molecule has 0 radical (unpaired) electrons. The van der Waals surface area contributed by atoms with E-state index in [1.54, 1.807) is 11.8 Å². The highest BCUT2D eigenvalue weighted by Gasteiger charge is 2.31. The van der Waals surface area contributed by atoms with Gasteiger partial charge < -0.3 is 19.9 Å². The molecule has 0 saturated heterocycles. The van der Waals surface area contributed by atoms with Gasteiger partial charge in [0.2, 0.25) is 5.91 Å². The van der Waals surface area contributed by atoms with Crippen molar-refractivity contribution in [3.05, 3.63) is 24.3 Å². The lowest BCUT2D eigenvalue weighted by atomic mass is 10.1. The first-order valence-corrected chi connectivity index (χ1v) is 8.62. The summed E-state index contributed by atoms with van der Waals surface area (Å²) in [6.07, 6.45) is -0.240. The van der Waals surface area contributed by atoms with Crippen LogP contribution in [-0.2, 0) is 9.59 Å². The maximum atomic E-state index is 12.3. The standard InChI is InChI=1S/C18H27N3O3/c1-4-20(5-2)13-11-19-17(22)10-12-21-15-8-6-7-9-16(15)24-14(3)18(21)23/h6-9,14H,4-5,10-13H2,1-3H3,(H,19,22). The molecule has 1 unspecified atom stereocenters. The van der Waals surface area contributed by atoms with Gasteiger partial charge in [0.1, 0.15) is 5.75 Å². The number of ether oxygens (including phenoxy) is 1. The number of amides is 2. The number of rotatable bonds is 8. The van der Waals surface area contributed by atoms with E-state index in [0.717, 1.165) is 25.3 Å². The van der Waals surface area contributed by atoms with Crippen LogP contribution in [0.15, 0.2) is 24.3 Å². The average molecular weight is 333 g/mol. The zero-order chi connectivity index (χ0) is 17.5. The number of nitrogens with zero attached hydrogens (tertiary/aromatic N) is 2. The van der Waals surface area contributed by atoms with E-state index in [1.807, 2.05) is 24.3 Å². The lowest BCUT2D eigenvalue weighted by Gasteiger charge is -2.32. The van der Waals surface area contributed by atoms with Gasteiger partial charge in [-0.15, -0.1) is 0 Å². The Labute approximate surface area is 143 Å². The Morgan fingerprint density at radius 3 is 2.71 bits per heavy atom. The molecule has 1 heterocycles. The summed E-state index contributed by atoms with van der Waals surface area (Å²) in [6.45, 7) is 9.73. The first kappa shape index (κ1) is 18.3. The SMILES string of the molecule is CCN(CC)CCNC(=O)CCN1C(=O)C(C)Oc2ccccc21. The number of carbonyl (C=O) groups excluding carboxylic acids is 2. The Morgan fingerprint density at radius 1 is 1.29 bits per heavy atom. The summed E-state index contributed by atoms with van der Waals surface area (Å²) in [5, 5.41) is 2.92. The first-order chi connectivity index (χ1) is 11.6. The topological polar surface area (TPSA) is 61.9 Å². The number of nitrogens with one attached hydrogen (secondary N) is 1. The molecule has 6 nitrogen and oxygen atoms in total. The quantitative estimate of drug-likeness (QED) is 0.786. The number of likely N-dealkylation sites (N-methyl/N-ethyl adjacent to an activating group) is 1. The van der Waals surface area contributed by atoms with Gasteiger partial charge in [0.25, 0.3) is 5.91 Å². The van der Waals surface area contributed by atoms with Crippen LogP contribution in [0.25, 0.3) is 0 Å². The summed E-state index contributed by atoms with van der Waals surface area (Å²) in [6, 6.07) is 7.43. The second-order valence-corrected chi connectivity index (χ2v) is 5.84. The van der Waals surface area contributed by atoms with Crippen molar-refractivity contribution in [3.63, 3.8) is 0 Å². The Balaban J connectivity index is 1.87. The maximum Gasteiger partial charge on any atom is 0.267 e. The smallest absolute Gasteiger partial charge is 0.267 e. The van der Waals surface area contributed by atoms with Crippen LogP contribution in [-0.4, -0.2) is 55.5 Å². The Morgan fingerprint density at radius 2 is 2.00 bits per heavy atom. The third-order valence-corrected chi connectivity index (χ3v) is 4.28. The lowest BCUT2D eigenvalue weighted by Crippen LogP contribution is -2.46. The molecule has 1 aromatic carbocycles. The Bertz CT molecular complexity index is 572. The van der Waals surface area contributed by atoms with Gasteiger partial charge in [-0.2, -0.15) is 0 Å². The highest BCUT2D eigenvalue weighted by molar-refractivity contribution is 6.00. The van der Waals surface area contributed by atoms with E-state index >= 15 is 0 Å². The van der Waals surface area contributed by atoms with Crippen molar-refractivity contribution >= 4 is 17.5 Å². The van der Waals surface area contributed by atoms with Gasteiger partial charge in [-0.1, -0.05) is 26.0 Å². The van der Waals surface area contributed by atoms with Crippen molar-refractivity contribution < 1.29 is 14.3 Å². The molecule has 1 aromatic rings. The van der Waals surface area contributed by atoms with E-state index in [2.05, 4.69) is 24.1 Å². The van der Waals surface area contributed by atoms with Gasteiger partial charge >= 0.3 is 0 Å². The molecule has 24 heavy (non-hydrogen) atoms. The molecule has 0 fully saturated rings. The molecule has 1 N–H and O–H groups in total. The van der Waals surface area contributed by atoms with Gasteiger partial charge in [0.05, 0.1) is 5.69 Å². The molecule has 132 valence electrons. The second-order valence-electron chi connectivity index (χ2n) is 5.84. The van der Waals surface area contributed by atoms with Crippen molar-refractivity contribution in [1.82, 2.24) is 10.2 Å². The minimum atomic E-state index is -0.523. The lowest BCUT2D eigenvalue weighted by molar-refractivity contribution is -0.125. The van der Waals surface area contributed by atoms with Crippen LogP contribution >= 0.6 is 0 Å². The first-order valence-electron chi connectivity index (χ1n) is 8.62. The van der Waals surface area contributed by atoms with Crippen molar-refractivity contribution in [1.29, 1.82) is 0 Å². The molecule has 0 bridgehead atoms. The van der Waals surface area contributed by atoms with E-state index in [4.69, 9.17) is 4.74 Å². The molecule has 1 aliphatic heterocycles. The number of carbonyl (C=O) groups is 2. The number of hydrogen-bond donors (Lipinski definition) is 1. The van der Waals surface area contributed by atoms with E-state index in [-0.39, 0.29) is 18.2 Å². The van der Waals surface area contributed by atoms with Crippen molar-refractivity contribution in [2.75, 3.05) is 37.6 Å². The van der Waals surface area contributed by atoms with Gasteiger partial charge in [0.15, 0.2) is 6.10 Å². The fourth-order valence-electron chi connectivity index (χ4n) is 2.78. The van der Waals surface area contributed by atoms with Crippen molar-refractivity contribution in [2.24, 2.45) is 0 Å². The average Bonchev–Trinajstić information content (AvgIpc) is 2.59. The molecule has 0 aliphatic carbocycles. The van der Waals surface area contributed by atoms with E-state index in [9.17, 15) is 9.59 Å². The molecule has 2 rings (SSSR count). The molecular formula is C18H27N3O3. The molecule has 1 atom stereocenters. The van der Waals surface area contributed by atoms with Crippen LogP contribution in [0.5, 0.6) is 5.75 Å². The van der Waals surface area contributed by atoms with Gasteiger partial charge in [-0.3, -0.25) is 9.59 Å². The molecule has 0 spiro atoms. The minimum Gasteiger partial charge on any atom is -0.479 e. The van der Waals surface area contributed by atoms with E-state index in [0.29, 0.717) is 18.8 Å². The summed E-state index contributed by atoms with van der Waals surface area (Å²) >= 11 is 0. The van der Waals surface area contributed by atoms with Gasteiger partial charge in [-0.05, 0) is 32.1 Å². The molecule has 2 amide bonds. The molecule has 0 aromatic heterocycles. The van der Waals surface area contributed by atoms with Crippen LogP contribution in [0.3, 0.4) is 0 Å². The Hall–Kier alpha value is -2.08. The molecule has 6 heteroatoms. The number of hydrogen-bond acceptors (Lipinski definition) is 4. The number of fused-ring (bicyclic) bond motifs is 1. The Kier molecular flexibility index (Phi) is 6.61. The predicted octanol–water partition coefficient (Wildman–Crippen LogP) is 1.65. The largest absolute Gasteiger partial charge is 0.479 e. The summed E-state index contributed by atoms with van der Waals surface area (Å²) < 4.78 is 5.60. The highest BCUT2D eigenvalue weighted by Crippen LogP contribution is 2.33. The van der Waals surface area contributed by atoms with Crippen LogP contribution in [0.4, 0.5) is 5.69 Å². The van der Waals surface area contributed by atoms with Crippen LogP contribution in [0.2, 0.25) is 0 Å². The molecule has 1 aliphatic rings. The zero-order valence-corrected chi connectivity index (χ0v) is 14.7. The molecule has 0 saturated carbocycles. The van der Waals surface area contributed by atoms with Gasteiger partial charge in [-0.25, -0.2) is 0 Å². The van der Waals surface area contributed by atoms with Gasteiger partial charge in [0, 0.05) is 26.1 Å². The summed E-state index contributed by atoms with van der Waals surface area (Å²) in [5.41, 5.74) is 0.733. The monoisotopic (exact) mass is 333 g/mol. The third-order valence-electron chi connectivity index (χ3n) is 4.28. The van der Waals surface area contributed by atoms with Crippen LogP contribution in [0.1, 0.15) is 27.2 Å². The number of anilines is 1. The second kappa shape index (κ2) is 8.68. The predicted molar refractivity (Wildman–Crippen MR) is 94.3 cm³/mol. The normalized spacial score (nSPS) is 16.8. The number of benzene rings is 1. The van der Waals surface area contributed by atoms with Crippen molar-refractivity contribution in [2.45, 2.75) is 33.3 Å². The maximum absolute atomic E-state index is 12.3. The van der Waals surface area contributed by atoms with Crippen LogP contribution < -0.4 is 15.0 Å². The van der Waals surface area contributed by atoms with Crippen LogP contribution in [0, 0.1) is 0 Å². The fraction of sp³-hybridized carbons (Fsp3) is 0.556. The van der Waals surface area contributed by atoms with E-state index < -0.39 is 6.10 Å². The summed E-state index contributed by atoms with van der Waals surface area (Å²) in [5.74, 6) is 0.544. The summed E-state index contributed by atoms with van der Waals surface area (Å²) in [4.78, 5) is 28.3.